The van der Waals surface area contributed by atoms with Crippen molar-refractivity contribution in [1.82, 2.24) is 0 Å². The number of fused-ring (bicyclic) bond motifs is 2. The van der Waals surface area contributed by atoms with E-state index >= 15 is 0 Å². The van der Waals surface area contributed by atoms with Gasteiger partial charge in [-0.25, -0.2) is 0 Å². The zero-order valence-electron chi connectivity index (χ0n) is 28.3. The Morgan fingerprint density at radius 3 is 1.95 bits per heavy atom. The Balaban J connectivity index is 1.50. The van der Waals surface area contributed by atoms with Crippen LogP contribution in [-0.2, 0) is 10.8 Å². The van der Waals surface area contributed by atoms with Crippen LogP contribution in [0.4, 0.5) is 11.4 Å². The van der Waals surface area contributed by atoms with E-state index in [2.05, 4.69) is 130 Å². The topological polar surface area (TPSA) is 6.25 Å². The average Bonchev–Trinajstić information content (AvgIpc) is 3.35. The molecule has 0 amide bonds. The quantitative estimate of drug-likeness (QED) is 0.103. The Hall–Kier alpha value is -2.87. The largest absolute Gasteiger partial charge is 0.344 e. The van der Waals surface area contributed by atoms with Gasteiger partial charge in [0.2, 0.25) is 5.69 Å². The molecule has 2 aliphatic heterocycles. The highest BCUT2D eigenvalue weighted by Gasteiger charge is 2.43. The molecular weight excluding hydrogens is 520 g/mol. The minimum atomic E-state index is 0.00459. The lowest BCUT2D eigenvalue weighted by molar-refractivity contribution is -0.438. The molecule has 0 unspecified atom stereocenters. The van der Waals surface area contributed by atoms with Crippen molar-refractivity contribution in [3.05, 3.63) is 95.7 Å². The highest BCUT2D eigenvalue weighted by molar-refractivity contribution is 6.03. The van der Waals surface area contributed by atoms with E-state index in [1.807, 2.05) is 0 Å². The van der Waals surface area contributed by atoms with Crippen molar-refractivity contribution < 1.29 is 4.58 Å². The van der Waals surface area contributed by atoms with Crippen molar-refractivity contribution in [3.63, 3.8) is 0 Å². The molecule has 2 nitrogen and oxygen atoms in total. The molecule has 43 heavy (non-hydrogen) atoms. The van der Waals surface area contributed by atoms with Crippen molar-refractivity contribution in [2.45, 2.75) is 129 Å². The molecule has 0 saturated heterocycles. The summed E-state index contributed by atoms with van der Waals surface area (Å²) in [7, 11) is 0. The second-order valence-electron chi connectivity index (χ2n) is 13.8. The maximum atomic E-state index is 2.59. The van der Waals surface area contributed by atoms with Crippen LogP contribution in [0.5, 0.6) is 0 Å². The van der Waals surface area contributed by atoms with Gasteiger partial charge in [-0.3, -0.25) is 0 Å². The molecule has 4 rings (SSSR count). The van der Waals surface area contributed by atoms with Gasteiger partial charge < -0.3 is 4.90 Å². The van der Waals surface area contributed by atoms with Crippen LogP contribution in [0.2, 0.25) is 0 Å². The van der Waals surface area contributed by atoms with Gasteiger partial charge in [-0.1, -0.05) is 140 Å². The summed E-state index contributed by atoms with van der Waals surface area (Å²) < 4.78 is 2.59. The third-order valence-corrected chi connectivity index (χ3v) is 9.80. The van der Waals surface area contributed by atoms with Gasteiger partial charge in [0.1, 0.15) is 6.54 Å². The summed E-state index contributed by atoms with van der Waals surface area (Å²) in [6.07, 6.45) is 27.4. The zero-order valence-corrected chi connectivity index (χ0v) is 28.3. The molecule has 0 atom stereocenters. The lowest BCUT2D eigenvalue weighted by atomic mass is 9.81. The van der Waals surface area contributed by atoms with Crippen LogP contribution in [0.3, 0.4) is 0 Å². The molecule has 0 aromatic heterocycles. The normalized spacial score (nSPS) is 18.0. The molecule has 2 heteroatoms. The second-order valence-corrected chi connectivity index (χ2v) is 13.8. The van der Waals surface area contributed by atoms with Gasteiger partial charge in [-0.05, 0) is 44.4 Å². The zero-order chi connectivity index (χ0) is 30.7. The molecule has 232 valence electrons. The van der Waals surface area contributed by atoms with Crippen LogP contribution in [-0.4, -0.2) is 23.4 Å². The lowest BCUT2D eigenvalue weighted by Gasteiger charge is -2.27. The number of rotatable bonds is 17. The number of para-hydroxylation sites is 2. The summed E-state index contributed by atoms with van der Waals surface area (Å²) in [5.41, 5.74) is 8.51. The van der Waals surface area contributed by atoms with Crippen molar-refractivity contribution in [2.24, 2.45) is 0 Å². The van der Waals surface area contributed by atoms with E-state index in [1.54, 1.807) is 0 Å². The molecule has 0 spiro atoms. The molecule has 0 radical (unpaired) electrons. The third kappa shape index (κ3) is 7.81. The number of hydrogen-bond acceptors (Lipinski definition) is 1. The van der Waals surface area contributed by atoms with Crippen molar-refractivity contribution >= 4 is 17.1 Å². The number of allylic oxidation sites excluding steroid dienone is 6. The van der Waals surface area contributed by atoms with Gasteiger partial charge in [0.25, 0.3) is 0 Å². The van der Waals surface area contributed by atoms with E-state index in [4.69, 9.17) is 0 Å². The number of benzene rings is 2. The van der Waals surface area contributed by atoms with Gasteiger partial charge in [-0.2, -0.15) is 4.58 Å². The number of hydrogen-bond donors (Lipinski definition) is 0. The van der Waals surface area contributed by atoms with Gasteiger partial charge in [-0.15, -0.1) is 0 Å². The SMILES string of the molecule is CCCCCCCCN1/C(=C/C=C/C=C/C2=[N+](CCCCCCCC)c3ccccc3C2(C)C)C(C)(C)c2ccccc21. The summed E-state index contributed by atoms with van der Waals surface area (Å²) in [5.74, 6) is 0. The predicted octanol–water partition coefficient (Wildman–Crippen LogP) is 11.6. The van der Waals surface area contributed by atoms with Crippen LogP contribution in [0.25, 0.3) is 0 Å². The molecule has 0 bridgehead atoms. The van der Waals surface area contributed by atoms with E-state index in [0.29, 0.717) is 0 Å². The first kappa shape index (κ1) is 33.0. The summed E-state index contributed by atoms with van der Waals surface area (Å²) in [4.78, 5) is 2.59. The van der Waals surface area contributed by atoms with Crippen molar-refractivity contribution in [2.75, 3.05) is 18.0 Å². The van der Waals surface area contributed by atoms with E-state index in [-0.39, 0.29) is 10.8 Å². The Bertz CT molecular complexity index is 1300. The van der Waals surface area contributed by atoms with Crippen molar-refractivity contribution in [1.29, 1.82) is 0 Å². The van der Waals surface area contributed by atoms with Crippen LogP contribution < -0.4 is 4.90 Å². The highest BCUT2D eigenvalue weighted by atomic mass is 15.2. The van der Waals surface area contributed by atoms with Gasteiger partial charge in [0, 0.05) is 47.5 Å². The molecular formula is C41H59N2+. The van der Waals surface area contributed by atoms with Crippen molar-refractivity contribution in [3.8, 4) is 0 Å². The smallest absolute Gasteiger partial charge is 0.209 e. The predicted molar refractivity (Wildman–Crippen MR) is 189 cm³/mol. The first-order chi connectivity index (χ1) is 20.8. The number of anilines is 1. The Morgan fingerprint density at radius 1 is 0.628 bits per heavy atom. The summed E-state index contributed by atoms with van der Waals surface area (Å²) in [6, 6.07) is 18.1. The summed E-state index contributed by atoms with van der Waals surface area (Å²) in [6.45, 7) is 16.3. The van der Waals surface area contributed by atoms with E-state index in [9.17, 15) is 0 Å². The van der Waals surface area contributed by atoms with Gasteiger partial charge in [0.05, 0.1) is 5.41 Å². The molecule has 0 N–H and O–H groups in total. The third-order valence-electron chi connectivity index (χ3n) is 9.80. The van der Waals surface area contributed by atoms with Crippen LogP contribution >= 0.6 is 0 Å². The van der Waals surface area contributed by atoms with Gasteiger partial charge in [0.15, 0.2) is 5.71 Å². The molecule has 2 aliphatic rings. The highest BCUT2D eigenvalue weighted by Crippen LogP contribution is 2.47. The maximum Gasteiger partial charge on any atom is 0.209 e. The molecule has 0 aliphatic carbocycles. The van der Waals surface area contributed by atoms with E-state index in [0.717, 1.165) is 13.1 Å². The Labute approximate surface area is 264 Å². The van der Waals surface area contributed by atoms with Crippen LogP contribution in [0.15, 0.2) is 84.6 Å². The molecule has 2 heterocycles. The fourth-order valence-electron chi connectivity index (χ4n) is 7.22. The first-order valence-corrected chi connectivity index (χ1v) is 17.5. The van der Waals surface area contributed by atoms with Gasteiger partial charge >= 0.3 is 0 Å². The first-order valence-electron chi connectivity index (χ1n) is 17.5. The number of unbranched alkanes of at least 4 members (excludes halogenated alkanes) is 10. The minimum Gasteiger partial charge on any atom is -0.344 e. The summed E-state index contributed by atoms with van der Waals surface area (Å²) in [5, 5.41) is 0. The molecule has 0 fully saturated rings. The molecule has 0 saturated carbocycles. The number of nitrogens with zero attached hydrogens (tertiary/aromatic N) is 2. The molecule has 2 aromatic rings. The monoisotopic (exact) mass is 579 g/mol. The minimum absolute atomic E-state index is 0.00459. The fraction of sp³-hybridized carbons (Fsp3) is 0.537. The second kappa shape index (κ2) is 15.7. The van der Waals surface area contributed by atoms with Crippen LogP contribution in [0, 0.1) is 0 Å². The summed E-state index contributed by atoms with van der Waals surface area (Å²) >= 11 is 0. The van der Waals surface area contributed by atoms with E-state index < -0.39 is 0 Å². The maximum absolute atomic E-state index is 2.59. The fourth-order valence-corrected chi connectivity index (χ4v) is 7.22. The van der Waals surface area contributed by atoms with Crippen LogP contribution in [0.1, 0.15) is 130 Å². The Morgan fingerprint density at radius 2 is 1.23 bits per heavy atom. The molecule has 2 aromatic carbocycles. The van der Waals surface area contributed by atoms with E-state index in [1.165, 1.54) is 111 Å². The standard InChI is InChI=1S/C41H59N2/c1-7-9-11-13-15-24-32-42-36-28-22-20-26-34(36)40(3,4)38(42)30-18-17-19-31-39-41(5,6)35-27-21-23-29-37(35)43(39)33-25-16-14-12-10-8-2/h17-23,26-31H,7-16,24-25,32-33H2,1-6H3/q+1. The lowest BCUT2D eigenvalue weighted by Crippen LogP contribution is -2.27. The Kier molecular flexibility index (Phi) is 12.1. The average molecular weight is 580 g/mol.